The summed E-state index contributed by atoms with van der Waals surface area (Å²) in [7, 11) is 4.90. The lowest BCUT2D eigenvalue weighted by molar-refractivity contribution is -0.128. The molecule has 1 N–H and O–H groups in total. The van der Waals surface area contributed by atoms with Crippen LogP contribution in [0, 0.1) is 0 Å². The first-order valence-electron chi connectivity index (χ1n) is 8.83. The first-order valence-corrected chi connectivity index (χ1v) is 8.83. The Hall–Kier alpha value is -2.86. The molecule has 6 nitrogen and oxygen atoms in total. The highest BCUT2D eigenvalue weighted by molar-refractivity contribution is 6.07. The third-order valence-corrected chi connectivity index (χ3v) is 5.37. The molecule has 142 valence electrons. The monoisotopic (exact) mass is 367 g/mol. The molecule has 2 aliphatic heterocycles. The average molecular weight is 367 g/mol. The first-order chi connectivity index (χ1) is 12.7. The van der Waals surface area contributed by atoms with Gasteiger partial charge in [-0.1, -0.05) is 44.2 Å². The van der Waals surface area contributed by atoms with Crippen LogP contribution in [0.4, 0.5) is 10.5 Å². The van der Waals surface area contributed by atoms with E-state index in [2.05, 4.69) is 30.9 Å². The SMILES string of the molecule is CN1C(=O)\C(=C/C=C/C=C2/N(C)c3ccccc3C2(C)C)C(O)N(C)C1=O. The van der Waals surface area contributed by atoms with Crippen LogP contribution in [0.1, 0.15) is 19.4 Å². The summed E-state index contributed by atoms with van der Waals surface area (Å²) in [5, 5.41) is 10.2. The number of nitrogens with zero attached hydrogens (tertiary/aromatic N) is 3. The highest BCUT2D eigenvalue weighted by Gasteiger charge is 2.38. The van der Waals surface area contributed by atoms with Gasteiger partial charge >= 0.3 is 6.03 Å². The Labute approximate surface area is 159 Å². The van der Waals surface area contributed by atoms with E-state index in [1.54, 1.807) is 12.2 Å². The van der Waals surface area contributed by atoms with Crippen LogP contribution in [-0.2, 0) is 10.2 Å². The van der Waals surface area contributed by atoms with Crippen molar-refractivity contribution in [3.63, 3.8) is 0 Å². The number of rotatable bonds is 2. The molecule has 3 rings (SSSR count). The molecule has 1 saturated heterocycles. The number of benzene rings is 1. The van der Waals surface area contributed by atoms with Gasteiger partial charge in [-0.3, -0.25) is 14.6 Å². The number of urea groups is 1. The molecule has 0 aromatic heterocycles. The van der Waals surface area contributed by atoms with E-state index in [0.29, 0.717) is 0 Å². The number of carbonyl (C=O) groups is 2. The standard InChI is InChI=1S/C21H25N3O3/c1-21(2)15-11-7-8-12-16(15)22(3)17(21)13-9-6-10-14-18(25)23(4)20(27)24(5)19(14)26/h6-13,18,25H,1-5H3/b9-6+,14-10-,17-13+. The van der Waals surface area contributed by atoms with E-state index in [9.17, 15) is 14.7 Å². The predicted octanol–water partition coefficient (Wildman–Crippen LogP) is 2.62. The third kappa shape index (κ3) is 2.96. The number of aliphatic hydroxyl groups excluding tert-OH is 1. The summed E-state index contributed by atoms with van der Waals surface area (Å²) in [6.07, 6.45) is 5.89. The molecule has 1 unspecified atom stereocenters. The van der Waals surface area contributed by atoms with Crippen molar-refractivity contribution in [1.82, 2.24) is 9.80 Å². The molecule has 1 fully saturated rings. The molecule has 3 amide bonds. The molecular weight excluding hydrogens is 342 g/mol. The van der Waals surface area contributed by atoms with Crippen LogP contribution in [0.3, 0.4) is 0 Å². The van der Waals surface area contributed by atoms with Gasteiger partial charge in [0.05, 0.1) is 5.57 Å². The van der Waals surface area contributed by atoms with Gasteiger partial charge in [-0.05, 0) is 23.8 Å². The number of hydrogen-bond acceptors (Lipinski definition) is 4. The van der Waals surface area contributed by atoms with E-state index >= 15 is 0 Å². The number of anilines is 1. The summed E-state index contributed by atoms with van der Waals surface area (Å²) in [6, 6.07) is 7.78. The maximum absolute atomic E-state index is 12.2. The number of likely N-dealkylation sites (N-methyl/N-ethyl adjacent to an activating group) is 3. The third-order valence-electron chi connectivity index (χ3n) is 5.37. The Balaban J connectivity index is 1.86. The van der Waals surface area contributed by atoms with Crippen molar-refractivity contribution >= 4 is 17.6 Å². The lowest BCUT2D eigenvalue weighted by Crippen LogP contribution is -2.55. The van der Waals surface area contributed by atoms with Gasteiger partial charge in [-0.15, -0.1) is 0 Å². The zero-order valence-corrected chi connectivity index (χ0v) is 16.3. The fourth-order valence-electron chi connectivity index (χ4n) is 3.71. The largest absolute Gasteiger partial charge is 0.369 e. The maximum Gasteiger partial charge on any atom is 0.328 e. The van der Waals surface area contributed by atoms with Crippen LogP contribution < -0.4 is 4.90 Å². The minimum Gasteiger partial charge on any atom is -0.369 e. The maximum atomic E-state index is 12.2. The Kier molecular flexibility index (Phi) is 4.70. The molecule has 0 bridgehead atoms. The van der Waals surface area contributed by atoms with Gasteiger partial charge in [-0.25, -0.2) is 4.79 Å². The summed E-state index contributed by atoms with van der Waals surface area (Å²) in [6.45, 7) is 4.36. The van der Waals surface area contributed by atoms with Gasteiger partial charge in [0, 0.05) is 37.9 Å². The Bertz CT molecular complexity index is 882. The van der Waals surface area contributed by atoms with Crippen molar-refractivity contribution < 1.29 is 14.7 Å². The second-order valence-electron chi connectivity index (χ2n) is 7.39. The van der Waals surface area contributed by atoms with Crippen LogP contribution in [0.15, 0.2) is 59.8 Å². The van der Waals surface area contributed by atoms with Crippen LogP contribution in [0.2, 0.25) is 0 Å². The minimum atomic E-state index is -1.24. The van der Waals surface area contributed by atoms with Crippen LogP contribution >= 0.6 is 0 Å². The van der Waals surface area contributed by atoms with E-state index in [1.165, 1.54) is 25.3 Å². The van der Waals surface area contributed by atoms with Crippen molar-refractivity contribution in [2.24, 2.45) is 0 Å². The number of para-hydroxylation sites is 1. The number of imide groups is 1. The Morgan fingerprint density at radius 1 is 1.00 bits per heavy atom. The summed E-state index contributed by atoms with van der Waals surface area (Å²) in [4.78, 5) is 28.3. The quantitative estimate of drug-likeness (QED) is 0.816. The summed E-state index contributed by atoms with van der Waals surface area (Å²) < 4.78 is 0. The van der Waals surface area contributed by atoms with Gasteiger partial charge in [0.1, 0.15) is 0 Å². The molecule has 1 aromatic carbocycles. The van der Waals surface area contributed by atoms with Crippen LogP contribution in [0.25, 0.3) is 0 Å². The highest BCUT2D eigenvalue weighted by Crippen LogP contribution is 2.46. The number of fused-ring (bicyclic) bond motifs is 1. The summed E-state index contributed by atoms with van der Waals surface area (Å²) in [5.74, 6) is -0.492. The zero-order valence-electron chi connectivity index (χ0n) is 16.3. The smallest absolute Gasteiger partial charge is 0.328 e. The number of aliphatic hydroxyl groups is 1. The van der Waals surface area contributed by atoms with Crippen LogP contribution in [0.5, 0.6) is 0 Å². The fraction of sp³-hybridized carbons (Fsp3) is 0.333. The Morgan fingerprint density at radius 3 is 2.30 bits per heavy atom. The topological polar surface area (TPSA) is 64.1 Å². The van der Waals surface area contributed by atoms with E-state index in [0.717, 1.165) is 15.5 Å². The molecule has 0 saturated carbocycles. The molecule has 6 heteroatoms. The normalized spacial score (nSPS) is 25.3. The number of amides is 3. The van der Waals surface area contributed by atoms with Gasteiger partial charge in [0.25, 0.3) is 5.91 Å². The molecule has 2 heterocycles. The van der Waals surface area contributed by atoms with Crippen molar-refractivity contribution in [3.8, 4) is 0 Å². The molecule has 27 heavy (non-hydrogen) atoms. The molecule has 0 aliphatic carbocycles. The van der Waals surface area contributed by atoms with Crippen LogP contribution in [-0.4, -0.2) is 54.2 Å². The molecule has 1 atom stereocenters. The van der Waals surface area contributed by atoms with Gasteiger partial charge in [0.15, 0.2) is 6.23 Å². The van der Waals surface area contributed by atoms with E-state index in [-0.39, 0.29) is 11.0 Å². The number of carbonyl (C=O) groups excluding carboxylic acids is 2. The van der Waals surface area contributed by atoms with Crippen molar-refractivity contribution in [3.05, 3.63) is 65.4 Å². The number of allylic oxidation sites excluding steroid dienone is 5. The highest BCUT2D eigenvalue weighted by atomic mass is 16.3. The Morgan fingerprint density at radius 2 is 1.63 bits per heavy atom. The molecular formula is C21H25N3O3. The summed E-state index contributed by atoms with van der Waals surface area (Å²) in [5.41, 5.74) is 3.62. The fourth-order valence-corrected chi connectivity index (χ4v) is 3.71. The van der Waals surface area contributed by atoms with Gasteiger partial charge in [0.2, 0.25) is 0 Å². The average Bonchev–Trinajstić information content (AvgIpc) is 2.84. The molecule has 0 spiro atoms. The van der Waals surface area contributed by atoms with E-state index in [4.69, 9.17) is 0 Å². The zero-order chi connectivity index (χ0) is 19.9. The van der Waals surface area contributed by atoms with E-state index < -0.39 is 18.2 Å². The minimum absolute atomic E-state index is 0.129. The lowest BCUT2D eigenvalue weighted by atomic mass is 9.84. The predicted molar refractivity (Wildman–Crippen MR) is 105 cm³/mol. The first kappa shape index (κ1) is 18.9. The summed E-state index contributed by atoms with van der Waals surface area (Å²) >= 11 is 0. The van der Waals surface area contributed by atoms with Crippen molar-refractivity contribution in [2.45, 2.75) is 25.5 Å². The van der Waals surface area contributed by atoms with Crippen molar-refractivity contribution in [1.29, 1.82) is 0 Å². The van der Waals surface area contributed by atoms with Crippen molar-refractivity contribution in [2.75, 3.05) is 26.0 Å². The second kappa shape index (κ2) is 6.70. The van der Waals surface area contributed by atoms with Gasteiger partial charge < -0.3 is 10.0 Å². The molecule has 0 radical (unpaired) electrons. The van der Waals surface area contributed by atoms with Gasteiger partial charge in [-0.2, -0.15) is 0 Å². The molecule has 1 aromatic rings. The van der Waals surface area contributed by atoms with E-state index in [1.807, 2.05) is 31.3 Å². The second-order valence-corrected chi connectivity index (χ2v) is 7.39. The lowest BCUT2D eigenvalue weighted by Gasteiger charge is -2.34. The number of hydrogen-bond donors (Lipinski definition) is 1. The molecule has 2 aliphatic rings.